The summed E-state index contributed by atoms with van der Waals surface area (Å²) in [6, 6.07) is 9.42. The molecule has 5 heteroatoms. The van der Waals surface area contributed by atoms with Gasteiger partial charge >= 0.3 is 11.9 Å². The number of esters is 2. The highest BCUT2D eigenvalue weighted by Crippen LogP contribution is 2.41. The number of fused-ring (bicyclic) bond motifs is 2. The number of ether oxygens (including phenoxy) is 2. The second-order valence-corrected chi connectivity index (χ2v) is 7.48. The second kappa shape index (κ2) is 7.56. The number of nitrogens with zero attached hydrogens (tertiary/aromatic N) is 1. The van der Waals surface area contributed by atoms with E-state index >= 15 is 0 Å². The van der Waals surface area contributed by atoms with Crippen LogP contribution in [-0.4, -0.2) is 48.7 Å². The first-order valence-electron chi connectivity index (χ1n) is 9.11. The molecule has 0 radical (unpaired) electrons. The van der Waals surface area contributed by atoms with E-state index in [0.29, 0.717) is 23.9 Å². The molecule has 0 saturated carbocycles. The molecule has 5 nitrogen and oxygen atoms in total. The van der Waals surface area contributed by atoms with E-state index in [4.69, 9.17) is 9.47 Å². The first-order chi connectivity index (χ1) is 12.0. The lowest BCUT2D eigenvalue weighted by atomic mass is 9.86. The molecule has 0 N–H and O–H groups in total. The van der Waals surface area contributed by atoms with Crippen molar-refractivity contribution in [3.8, 4) is 0 Å². The first-order valence-corrected chi connectivity index (χ1v) is 9.11. The third kappa shape index (κ3) is 3.71. The van der Waals surface area contributed by atoms with Crippen LogP contribution in [0.4, 0.5) is 0 Å². The number of piperidine rings is 1. The molecule has 1 aromatic rings. The van der Waals surface area contributed by atoms with Crippen LogP contribution in [0.3, 0.4) is 0 Å². The maximum absolute atomic E-state index is 12.5. The van der Waals surface area contributed by atoms with Crippen molar-refractivity contribution < 1.29 is 19.1 Å². The maximum Gasteiger partial charge on any atom is 0.338 e. The fourth-order valence-corrected chi connectivity index (χ4v) is 4.32. The molecule has 2 heterocycles. The molecule has 1 aromatic carbocycles. The summed E-state index contributed by atoms with van der Waals surface area (Å²) in [5.74, 6) is -0.513. The van der Waals surface area contributed by atoms with E-state index in [1.165, 1.54) is 7.11 Å². The molecule has 2 aliphatic heterocycles. The number of carbonyl (C=O) groups is 2. The molecule has 2 saturated heterocycles. The molecule has 4 atom stereocenters. The number of methoxy groups -OCH3 is 1. The Hall–Kier alpha value is -1.88. The quantitative estimate of drug-likeness (QED) is 0.768. The first kappa shape index (κ1) is 17.9. The molecule has 4 unspecified atom stereocenters. The van der Waals surface area contributed by atoms with Crippen LogP contribution in [0.25, 0.3) is 0 Å². The summed E-state index contributed by atoms with van der Waals surface area (Å²) in [6.07, 6.45) is 2.28. The lowest BCUT2D eigenvalue weighted by molar-refractivity contribution is -0.156. The van der Waals surface area contributed by atoms with Gasteiger partial charge in [0.1, 0.15) is 12.0 Å². The summed E-state index contributed by atoms with van der Waals surface area (Å²) in [5, 5.41) is 0. The maximum atomic E-state index is 12.5. The van der Waals surface area contributed by atoms with E-state index in [1.54, 1.807) is 12.1 Å². The zero-order valence-corrected chi connectivity index (χ0v) is 15.2. The Balaban J connectivity index is 1.79. The molecule has 25 heavy (non-hydrogen) atoms. The van der Waals surface area contributed by atoms with Crippen LogP contribution in [0.1, 0.15) is 43.5 Å². The molecule has 136 valence electrons. The lowest BCUT2D eigenvalue weighted by Gasteiger charge is -2.43. The van der Waals surface area contributed by atoms with Crippen molar-refractivity contribution in [2.45, 2.75) is 51.3 Å². The van der Waals surface area contributed by atoms with Gasteiger partial charge in [-0.05, 0) is 30.9 Å². The molecule has 0 spiro atoms. The minimum Gasteiger partial charge on any atom is -0.469 e. The van der Waals surface area contributed by atoms with E-state index in [1.807, 2.05) is 18.2 Å². The van der Waals surface area contributed by atoms with E-state index in [0.717, 1.165) is 19.4 Å². The van der Waals surface area contributed by atoms with Crippen LogP contribution < -0.4 is 0 Å². The van der Waals surface area contributed by atoms with Crippen LogP contribution >= 0.6 is 0 Å². The van der Waals surface area contributed by atoms with Gasteiger partial charge in [-0.3, -0.25) is 9.69 Å². The second-order valence-electron chi connectivity index (χ2n) is 7.48. The summed E-state index contributed by atoms with van der Waals surface area (Å²) in [7, 11) is 1.41. The summed E-state index contributed by atoms with van der Waals surface area (Å²) >= 11 is 0. The van der Waals surface area contributed by atoms with Gasteiger partial charge in [-0.1, -0.05) is 32.0 Å². The molecule has 2 aliphatic rings. The Morgan fingerprint density at radius 3 is 2.56 bits per heavy atom. The van der Waals surface area contributed by atoms with Crippen LogP contribution in [0.15, 0.2) is 30.3 Å². The van der Waals surface area contributed by atoms with Gasteiger partial charge in [0, 0.05) is 25.0 Å². The van der Waals surface area contributed by atoms with Crippen molar-refractivity contribution in [1.82, 2.24) is 4.90 Å². The number of rotatable bonds is 5. The van der Waals surface area contributed by atoms with Gasteiger partial charge in [-0.2, -0.15) is 0 Å². The third-order valence-electron chi connectivity index (χ3n) is 5.33. The Morgan fingerprint density at radius 1 is 1.20 bits per heavy atom. The van der Waals surface area contributed by atoms with Crippen molar-refractivity contribution in [2.75, 3.05) is 13.7 Å². The molecule has 0 aliphatic carbocycles. The smallest absolute Gasteiger partial charge is 0.338 e. The summed E-state index contributed by atoms with van der Waals surface area (Å²) < 4.78 is 10.8. The Morgan fingerprint density at radius 2 is 1.92 bits per heavy atom. The fourth-order valence-electron chi connectivity index (χ4n) is 4.32. The van der Waals surface area contributed by atoms with E-state index in [9.17, 15) is 9.59 Å². The molecular formula is C20H27NO4. The zero-order chi connectivity index (χ0) is 18.0. The zero-order valence-electron chi connectivity index (χ0n) is 15.2. The van der Waals surface area contributed by atoms with Crippen LogP contribution in [0, 0.1) is 11.8 Å². The average molecular weight is 345 g/mol. The summed E-state index contributed by atoms with van der Waals surface area (Å²) in [4.78, 5) is 27.4. The summed E-state index contributed by atoms with van der Waals surface area (Å²) in [6.45, 7) is 5.34. The third-order valence-corrected chi connectivity index (χ3v) is 5.33. The number of carbonyl (C=O) groups excluding carboxylic acids is 2. The highest BCUT2D eigenvalue weighted by Gasteiger charge is 2.52. The van der Waals surface area contributed by atoms with E-state index in [-0.39, 0.29) is 18.0 Å². The highest BCUT2D eigenvalue weighted by molar-refractivity contribution is 5.89. The van der Waals surface area contributed by atoms with E-state index in [2.05, 4.69) is 18.7 Å². The lowest BCUT2D eigenvalue weighted by Crippen LogP contribution is -2.55. The summed E-state index contributed by atoms with van der Waals surface area (Å²) in [5.41, 5.74) is 0.517. The van der Waals surface area contributed by atoms with Gasteiger partial charge in [0.15, 0.2) is 0 Å². The van der Waals surface area contributed by atoms with Crippen molar-refractivity contribution in [3.63, 3.8) is 0 Å². The van der Waals surface area contributed by atoms with Crippen molar-refractivity contribution in [2.24, 2.45) is 11.8 Å². The molecule has 2 fully saturated rings. The van der Waals surface area contributed by atoms with Gasteiger partial charge in [0.05, 0.1) is 12.7 Å². The minimum absolute atomic E-state index is 0.0992. The number of hydrogen-bond acceptors (Lipinski definition) is 5. The van der Waals surface area contributed by atoms with Crippen LogP contribution in [0.2, 0.25) is 0 Å². The molecule has 0 aromatic heterocycles. The van der Waals surface area contributed by atoms with Crippen LogP contribution in [-0.2, 0) is 14.3 Å². The van der Waals surface area contributed by atoms with Gasteiger partial charge < -0.3 is 9.47 Å². The van der Waals surface area contributed by atoms with E-state index < -0.39 is 12.0 Å². The molecular weight excluding hydrogens is 318 g/mol. The minimum atomic E-state index is -0.416. The Kier molecular flexibility index (Phi) is 5.42. The predicted octanol–water partition coefficient (Wildman–Crippen LogP) is 2.89. The van der Waals surface area contributed by atoms with Crippen molar-refractivity contribution in [3.05, 3.63) is 35.9 Å². The monoisotopic (exact) mass is 345 g/mol. The molecule has 2 bridgehead atoms. The van der Waals surface area contributed by atoms with Crippen molar-refractivity contribution >= 4 is 11.9 Å². The topological polar surface area (TPSA) is 55.8 Å². The number of hydrogen-bond donors (Lipinski definition) is 0. The molecule has 0 amide bonds. The normalized spacial score (nSPS) is 28.8. The highest BCUT2D eigenvalue weighted by atomic mass is 16.6. The Labute approximate surface area is 149 Å². The van der Waals surface area contributed by atoms with Gasteiger partial charge in [-0.25, -0.2) is 4.79 Å². The fraction of sp³-hybridized carbons (Fsp3) is 0.600. The van der Waals surface area contributed by atoms with Crippen LogP contribution in [0.5, 0.6) is 0 Å². The van der Waals surface area contributed by atoms with Gasteiger partial charge in [-0.15, -0.1) is 0 Å². The molecule has 3 rings (SSSR count). The Bertz CT molecular complexity index is 615. The van der Waals surface area contributed by atoms with Crippen molar-refractivity contribution in [1.29, 1.82) is 0 Å². The predicted molar refractivity (Wildman–Crippen MR) is 94.1 cm³/mol. The largest absolute Gasteiger partial charge is 0.469 e. The van der Waals surface area contributed by atoms with Gasteiger partial charge in [0.25, 0.3) is 0 Å². The number of benzene rings is 1. The van der Waals surface area contributed by atoms with Gasteiger partial charge in [0.2, 0.25) is 0 Å². The average Bonchev–Trinajstić information content (AvgIpc) is 2.87. The SMILES string of the molecule is COC(=O)C1C(OC(=O)c2ccccc2)CC2CCC1N2CC(C)C. The standard InChI is InChI=1S/C20H27NO4/c1-13(2)12-21-15-9-10-16(21)18(20(23)24-3)17(11-15)25-19(22)14-7-5-4-6-8-14/h4-8,13,15-18H,9-12H2,1-3H3.